The fraction of sp³-hybridized carbons (Fsp3) is 0.417. The van der Waals surface area contributed by atoms with Crippen molar-refractivity contribution in [1.29, 1.82) is 0 Å². The number of hydrogen-bond acceptors (Lipinski definition) is 4. The maximum absolute atomic E-state index is 11.2. The molecule has 90 valence electrons. The van der Waals surface area contributed by atoms with E-state index in [4.69, 9.17) is 0 Å². The summed E-state index contributed by atoms with van der Waals surface area (Å²) in [4.78, 5) is 11.2. The second kappa shape index (κ2) is 4.10. The molecule has 1 fully saturated rings. The number of aryl methyl sites for hydroxylation is 1. The van der Waals surface area contributed by atoms with Crippen LogP contribution >= 0.6 is 0 Å². The Labute approximate surface area is 99.2 Å². The fourth-order valence-electron chi connectivity index (χ4n) is 2.38. The molecule has 1 amide bonds. The molecule has 2 aliphatic rings. The highest BCUT2D eigenvalue weighted by Gasteiger charge is 2.24. The minimum atomic E-state index is -0.490. The second-order valence-electron chi connectivity index (χ2n) is 4.56. The minimum Gasteiger partial charge on any atom is -0.377 e. The Morgan fingerprint density at radius 3 is 2.88 bits per heavy atom. The van der Waals surface area contributed by atoms with E-state index < -0.39 is 6.23 Å². The molecule has 0 aliphatic carbocycles. The quantitative estimate of drug-likeness (QED) is 0.567. The number of benzene rings is 1. The molecule has 3 rings (SSSR count). The lowest BCUT2D eigenvalue weighted by Crippen LogP contribution is -2.30. The Bertz CT molecular complexity index is 461. The number of carbonyl (C=O) groups excluding carboxylic acids is 1. The summed E-state index contributed by atoms with van der Waals surface area (Å²) in [5.74, 6) is 0.0846. The van der Waals surface area contributed by atoms with Crippen molar-refractivity contribution in [1.82, 2.24) is 10.9 Å². The molecule has 5 nitrogen and oxygen atoms in total. The van der Waals surface area contributed by atoms with Crippen molar-refractivity contribution in [3.05, 3.63) is 29.3 Å². The largest absolute Gasteiger partial charge is 0.377 e. The molecule has 0 bridgehead atoms. The van der Waals surface area contributed by atoms with Gasteiger partial charge in [0.2, 0.25) is 5.91 Å². The summed E-state index contributed by atoms with van der Waals surface area (Å²) in [6, 6.07) is 6.16. The standard InChI is InChI=1S/C12H15N3O2/c16-11-4-2-7-5-8(1-3-9(7)13-11)10-6-12(17)15-14-10/h1,3,5,10,12,14-15,17H,2,4,6H2,(H,13,16). The average Bonchev–Trinajstić information content (AvgIpc) is 2.75. The maximum atomic E-state index is 11.2. The molecule has 2 heterocycles. The fourth-order valence-corrected chi connectivity index (χ4v) is 2.38. The SMILES string of the molecule is O=C1CCc2cc(C3CC(O)NN3)ccc2N1. The third-order valence-corrected chi connectivity index (χ3v) is 3.31. The Kier molecular flexibility index (Phi) is 2.58. The van der Waals surface area contributed by atoms with Gasteiger partial charge in [-0.15, -0.1) is 0 Å². The predicted molar refractivity (Wildman–Crippen MR) is 63.0 cm³/mol. The average molecular weight is 233 g/mol. The summed E-state index contributed by atoms with van der Waals surface area (Å²) >= 11 is 0. The van der Waals surface area contributed by atoms with Crippen LogP contribution in [0.25, 0.3) is 0 Å². The van der Waals surface area contributed by atoms with Crippen molar-refractivity contribution in [3.8, 4) is 0 Å². The first kappa shape index (κ1) is 10.7. The first-order chi connectivity index (χ1) is 8.22. The molecule has 0 aromatic heterocycles. The summed E-state index contributed by atoms with van der Waals surface area (Å²) < 4.78 is 0. The number of rotatable bonds is 1. The monoisotopic (exact) mass is 233 g/mol. The van der Waals surface area contributed by atoms with Gasteiger partial charge in [-0.1, -0.05) is 12.1 Å². The van der Waals surface area contributed by atoms with Gasteiger partial charge in [0.25, 0.3) is 0 Å². The van der Waals surface area contributed by atoms with Gasteiger partial charge in [0.1, 0.15) is 6.23 Å². The molecule has 1 saturated heterocycles. The van der Waals surface area contributed by atoms with Crippen molar-refractivity contribution in [2.75, 3.05) is 5.32 Å². The topological polar surface area (TPSA) is 73.4 Å². The number of amides is 1. The number of carbonyl (C=O) groups is 1. The lowest BCUT2D eigenvalue weighted by atomic mass is 9.96. The number of aliphatic hydroxyl groups is 1. The predicted octanol–water partition coefficient (Wildman–Crippen LogP) is 0.429. The van der Waals surface area contributed by atoms with Gasteiger partial charge in [0, 0.05) is 18.5 Å². The Morgan fingerprint density at radius 2 is 2.12 bits per heavy atom. The smallest absolute Gasteiger partial charge is 0.224 e. The van der Waals surface area contributed by atoms with Crippen LogP contribution in [0.2, 0.25) is 0 Å². The highest BCUT2D eigenvalue weighted by Crippen LogP contribution is 2.28. The van der Waals surface area contributed by atoms with Crippen LogP contribution in [0, 0.1) is 0 Å². The lowest BCUT2D eigenvalue weighted by Gasteiger charge is -2.19. The Morgan fingerprint density at radius 1 is 1.24 bits per heavy atom. The summed E-state index contributed by atoms with van der Waals surface area (Å²) in [6.07, 6.45) is 1.51. The molecule has 4 N–H and O–H groups in total. The van der Waals surface area contributed by atoms with E-state index in [0.717, 1.165) is 17.7 Å². The lowest BCUT2D eigenvalue weighted by molar-refractivity contribution is -0.116. The van der Waals surface area contributed by atoms with Gasteiger partial charge in [0.05, 0.1) is 6.04 Å². The summed E-state index contributed by atoms with van der Waals surface area (Å²) in [5, 5.41) is 12.3. The molecule has 0 saturated carbocycles. The van der Waals surface area contributed by atoms with Crippen molar-refractivity contribution in [3.63, 3.8) is 0 Å². The van der Waals surface area contributed by atoms with Crippen LogP contribution in [0.1, 0.15) is 30.0 Å². The van der Waals surface area contributed by atoms with E-state index in [-0.39, 0.29) is 11.9 Å². The summed E-state index contributed by atoms with van der Waals surface area (Å²) in [5.41, 5.74) is 9.07. The van der Waals surface area contributed by atoms with Gasteiger partial charge in [-0.3, -0.25) is 4.79 Å². The van der Waals surface area contributed by atoms with E-state index in [1.165, 1.54) is 5.56 Å². The van der Waals surface area contributed by atoms with Gasteiger partial charge in [-0.05, 0) is 23.6 Å². The van der Waals surface area contributed by atoms with Crippen LogP contribution in [0.3, 0.4) is 0 Å². The van der Waals surface area contributed by atoms with Gasteiger partial charge in [-0.25, -0.2) is 10.9 Å². The van der Waals surface area contributed by atoms with E-state index in [9.17, 15) is 9.90 Å². The van der Waals surface area contributed by atoms with Crippen LogP contribution in [0.4, 0.5) is 5.69 Å². The first-order valence-corrected chi connectivity index (χ1v) is 5.84. The highest BCUT2D eigenvalue weighted by atomic mass is 16.3. The minimum absolute atomic E-state index is 0.0846. The summed E-state index contributed by atoms with van der Waals surface area (Å²) in [6.45, 7) is 0. The molecule has 2 atom stereocenters. The van der Waals surface area contributed by atoms with Gasteiger partial charge >= 0.3 is 0 Å². The van der Waals surface area contributed by atoms with Crippen molar-refractivity contribution in [2.24, 2.45) is 0 Å². The molecule has 2 aliphatic heterocycles. The normalized spacial score (nSPS) is 27.7. The molecular weight excluding hydrogens is 218 g/mol. The zero-order valence-electron chi connectivity index (χ0n) is 9.36. The van der Waals surface area contributed by atoms with Gasteiger partial charge in [-0.2, -0.15) is 0 Å². The Hall–Kier alpha value is -1.43. The maximum Gasteiger partial charge on any atom is 0.224 e. The van der Waals surface area contributed by atoms with E-state index in [1.807, 2.05) is 12.1 Å². The third-order valence-electron chi connectivity index (χ3n) is 3.31. The number of anilines is 1. The van der Waals surface area contributed by atoms with E-state index in [0.29, 0.717) is 12.8 Å². The summed E-state index contributed by atoms with van der Waals surface area (Å²) in [7, 11) is 0. The molecule has 1 aromatic rings. The van der Waals surface area contributed by atoms with Crippen molar-refractivity contribution in [2.45, 2.75) is 31.5 Å². The highest BCUT2D eigenvalue weighted by molar-refractivity contribution is 5.93. The molecule has 5 heteroatoms. The number of hydrazine groups is 1. The third kappa shape index (κ3) is 2.04. The van der Waals surface area contributed by atoms with E-state index >= 15 is 0 Å². The van der Waals surface area contributed by atoms with Crippen LogP contribution < -0.4 is 16.2 Å². The molecule has 0 spiro atoms. The first-order valence-electron chi connectivity index (χ1n) is 5.84. The van der Waals surface area contributed by atoms with Crippen LogP contribution in [0.5, 0.6) is 0 Å². The van der Waals surface area contributed by atoms with Gasteiger partial charge < -0.3 is 10.4 Å². The zero-order chi connectivity index (χ0) is 11.8. The number of hydrogen-bond donors (Lipinski definition) is 4. The number of nitrogens with one attached hydrogen (secondary N) is 3. The molecule has 2 unspecified atom stereocenters. The van der Waals surface area contributed by atoms with Crippen molar-refractivity contribution >= 4 is 11.6 Å². The number of aliphatic hydroxyl groups excluding tert-OH is 1. The van der Waals surface area contributed by atoms with Crippen LogP contribution in [-0.4, -0.2) is 17.2 Å². The molecule has 17 heavy (non-hydrogen) atoms. The van der Waals surface area contributed by atoms with E-state index in [1.54, 1.807) is 0 Å². The Balaban J connectivity index is 1.86. The van der Waals surface area contributed by atoms with Crippen molar-refractivity contribution < 1.29 is 9.90 Å². The van der Waals surface area contributed by atoms with Crippen LogP contribution in [-0.2, 0) is 11.2 Å². The second-order valence-corrected chi connectivity index (χ2v) is 4.56. The zero-order valence-corrected chi connectivity index (χ0v) is 9.36. The molecular formula is C12H15N3O2. The molecule has 0 radical (unpaired) electrons. The molecule has 1 aromatic carbocycles. The number of fused-ring (bicyclic) bond motifs is 1. The van der Waals surface area contributed by atoms with E-state index in [2.05, 4.69) is 22.2 Å². The van der Waals surface area contributed by atoms with Gasteiger partial charge in [0.15, 0.2) is 0 Å². The van der Waals surface area contributed by atoms with Crippen LogP contribution in [0.15, 0.2) is 18.2 Å².